The number of carbonyl (C=O) groups is 3. The lowest BCUT2D eigenvalue weighted by atomic mass is 10.2. The van der Waals surface area contributed by atoms with E-state index in [1.165, 1.54) is 11.3 Å². The monoisotopic (exact) mass is 365 g/mol. The number of aryl methyl sites for hydroxylation is 1. The third kappa shape index (κ3) is 2.86. The van der Waals surface area contributed by atoms with Crippen molar-refractivity contribution < 1.29 is 14.4 Å². The molecule has 1 aliphatic rings. The van der Waals surface area contributed by atoms with Crippen LogP contribution >= 0.6 is 11.3 Å². The summed E-state index contributed by atoms with van der Waals surface area (Å²) in [6, 6.07) is 12.4. The molecule has 1 N–H and O–H groups in total. The largest absolute Gasteiger partial charge is 0.298 e. The van der Waals surface area contributed by atoms with Gasteiger partial charge in [0.25, 0.3) is 5.91 Å². The van der Waals surface area contributed by atoms with E-state index in [1.54, 1.807) is 24.3 Å². The smallest absolute Gasteiger partial charge is 0.257 e. The van der Waals surface area contributed by atoms with Crippen molar-refractivity contribution >= 4 is 50.1 Å². The fraction of sp³-hybridized carbons (Fsp3) is 0.158. The molecule has 0 radical (unpaired) electrons. The summed E-state index contributed by atoms with van der Waals surface area (Å²) in [6.45, 7) is 1.97. The van der Waals surface area contributed by atoms with Gasteiger partial charge in [0, 0.05) is 18.4 Å². The van der Waals surface area contributed by atoms with Crippen molar-refractivity contribution in [2.45, 2.75) is 19.8 Å². The van der Waals surface area contributed by atoms with Gasteiger partial charge >= 0.3 is 0 Å². The Kier molecular flexibility index (Phi) is 4.00. The second-order valence-electron chi connectivity index (χ2n) is 6.07. The Morgan fingerprint density at radius 1 is 1.12 bits per heavy atom. The average Bonchev–Trinajstić information content (AvgIpc) is 3.18. The first-order valence-corrected chi connectivity index (χ1v) is 8.98. The lowest BCUT2D eigenvalue weighted by molar-refractivity contribution is -0.121. The van der Waals surface area contributed by atoms with Crippen LogP contribution in [0.15, 0.2) is 42.5 Å². The van der Waals surface area contributed by atoms with Crippen molar-refractivity contribution in [3.63, 3.8) is 0 Å². The Hall–Kier alpha value is -3.06. The third-order valence-corrected chi connectivity index (χ3v) is 5.20. The molecular formula is C19H15N3O3S. The van der Waals surface area contributed by atoms with E-state index in [0.717, 1.165) is 20.7 Å². The second-order valence-corrected chi connectivity index (χ2v) is 7.10. The molecular weight excluding hydrogens is 350 g/mol. The predicted octanol–water partition coefficient (Wildman–Crippen LogP) is 3.51. The normalized spacial score (nSPS) is 14.3. The zero-order valence-electron chi connectivity index (χ0n) is 14.0. The van der Waals surface area contributed by atoms with Crippen LogP contribution in [0.5, 0.6) is 0 Å². The second kappa shape index (κ2) is 6.34. The first-order chi connectivity index (χ1) is 12.5. The van der Waals surface area contributed by atoms with Crippen molar-refractivity contribution in [1.82, 2.24) is 4.98 Å². The van der Waals surface area contributed by atoms with Gasteiger partial charge in [0.1, 0.15) is 0 Å². The number of nitrogens with zero attached hydrogens (tertiary/aromatic N) is 2. The number of thiazole rings is 1. The van der Waals surface area contributed by atoms with Crippen LogP contribution < -0.4 is 10.2 Å². The predicted molar refractivity (Wildman–Crippen MR) is 100 cm³/mol. The molecule has 3 aromatic rings. The summed E-state index contributed by atoms with van der Waals surface area (Å²) in [5, 5.41) is 3.31. The summed E-state index contributed by atoms with van der Waals surface area (Å²) >= 11 is 1.40. The summed E-state index contributed by atoms with van der Waals surface area (Å²) in [7, 11) is 0. The van der Waals surface area contributed by atoms with E-state index in [2.05, 4.69) is 10.3 Å². The van der Waals surface area contributed by atoms with E-state index in [4.69, 9.17) is 0 Å². The average molecular weight is 365 g/mol. The Morgan fingerprint density at radius 2 is 1.85 bits per heavy atom. The molecule has 1 saturated heterocycles. The van der Waals surface area contributed by atoms with Gasteiger partial charge in [-0.15, -0.1) is 0 Å². The van der Waals surface area contributed by atoms with Gasteiger partial charge in [-0.3, -0.25) is 24.6 Å². The van der Waals surface area contributed by atoms with E-state index in [-0.39, 0.29) is 30.6 Å². The van der Waals surface area contributed by atoms with Crippen molar-refractivity contribution in [3.8, 4) is 0 Å². The molecule has 0 bridgehead atoms. The molecule has 0 spiro atoms. The third-order valence-electron chi connectivity index (χ3n) is 4.26. The molecule has 26 heavy (non-hydrogen) atoms. The van der Waals surface area contributed by atoms with Gasteiger partial charge in [-0.2, -0.15) is 0 Å². The number of para-hydroxylation sites is 1. The minimum absolute atomic E-state index is 0.209. The highest BCUT2D eigenvalue weighted by atomic mass is 32.1. The standard InChI is InChI=1S/C19H15N3O3S/c1-11-4-2-7-14-17(11)20-19(26-14)21-18(25)12-5-3-6-13(10-12)22-15(23)8-9-16(22)24/h2-7,10H,8-9H2,1H3,(H,20,21,25). The zero-order chi connectivity index (χ0) is 18.3. The minimum atomic E-state index is -0.331. The summed E-state index contributed by atoms with van der Waals surface area (Å²) < 4.78 is 1.00. The van der Waals surface area contributed by atoms with Crippen LogP contribution in [0.4, 0.5) is 10.8 Å². The number of hydrogen-bond acceptors (Lipinski definition) is 5. The molecule has 0 aliphatic carbocycles. The number of aromatic nitrogens is 1. The number of anilines is 2. The molecule has 130 valence electrons. The molecule has 1 aliphatic heterocycles. The number of nitrogens with one attached hydrogen (secondary N) is 1. The number of carbonyl (C=O) groups excluding carboxylic acids is 3. The van der Waals surface area contributed by atoms with E-state index >= 15 is 0 Å². The number of imide groups is 1. The van der Waals surface area contributed by atoms with E-state index < -0.39 is 0 Å². The van der Waals surface area contributed by atoms with Crippen LogP contribution in [0, 0.1) is 6.92 Å². The number of fused-ring (bicyclic) bond motifs is 1. The highest BCUT2D eigenvalue weighted by molar-refractivity contribution is 7.22. The van der Waals surface area contributed by atoms with Crippen LogP contribution in [0.1, 0.15) is 28.8 Å². The van der Waals surface area contributed by atoms with Crippen molar-refractivity contribution in [1.29, 1.82) is 0 Å². The number of benzene rings is 2. The molecule has 1 fully saturated rings. The van der Waals surface area contributed by atoms with Gasteiger partial charge < -0.3 is 0 Å². The van der Waals surface area contributed by atoms with Crippen LogP contribution in [-0.4, -0.2) is 22.7 Å². The molecule has 0 saturated carbocycles. The molecule has 0 atom stereocenters. The molecule has 0 unspecified atom stereocenters. The minimum Gasteiger partial charge on any atom is -0.298 e. The van der Waals surface area contributed by atoms with Gasteiger partial charge in [0.2, 0.25) is 11.8 Å². The first-order valence-electron chi connectivity index (χ1n) is 8.16. The van der Waals surface area contributed by atoms with Crippen LogP contribution in [0.2, 0.25) is 0 Å². The summed E-state index contributed by atoms with van der Waals surface area (Å²) in [5.41, 5.74) is 2.71. The molecule has 2 heterocycles. The first kappa shape index (κ1) is 16.4. The fourth-order valence-corrected chi connectivity index (χ4v) is 3.90. The van der Waals surface area contributed by atoms with Gasteiger partial charge in [-0.05, 0) is 36.8 Å². The van der Waals surface area contributed by atoms with Crippen molar-refractivity contribution in [2.75, 3.05) is 10.2 Å². The molecule has 1 aromatic heterocycles. The quantitative estimate of drug-likeness (QED) is 0.721. The topological polar surface area (TPSA) is 79.4 Å². The summed E-state index contributed by atoms with van der Waals surface area (Å²) in [6.07, 6.45) is 0.417. The SMILES string of the molecule is Cc1cccc2sc(NC(=O)c3cccc(N4C(=O)CCC4=O)c3)nc12. The Bertz CT molecular complexity index is 1040. The highest BCUT2D eigenvalue weighted by Crippen LogP contribution is 2.29. The van der Waals surface area contributed by atoms with Gasteiger partial charge in [0.05, 0.1) is 15.9 Å². The number of rotatable bonds is 3. The van der Waals surface area contributed by atoms with Crippen LogP contribution in [0.3, 0.4) is 0 Å². The fourth-order valence-electron chi connectivity index (χ4n) is 2.96. The zero-order valence-corrected chi connectivity index (χ0v) is 14.8. The number of hydrogen-bond donors (Lipinski definition) is 1. The lowest BCUT2D eigenvalue weighted by Crippen LogP contribution is -2.28. The van der Waals surface area contributed by atoms with Crippen molar-refractivity contribution in [3.05, 3.63) is 53.6 Å². The Morgan fingerprint density at radius 3 is 2.58 bits per heavy atom. The van der Waals surface area contributed by atoms with E-state index in [0.29, 0.717) is 16.4 Å². The Balaban J connectivity index is 1.60. The Labute approximate surface area is 153 Å². The molecule has 3 amide bonds. The van der Waals surface area contributed by atoms with Gasteiger partial charge in [-0.25, -0.2) is 4.98 Å². The summed E-state index contributed by atoms with van der Waals surface area (Å²) in [5.74, 6) is -0.814. The van der Waals surface area contributed by atoms with Crippen molar-refractivity contribution in [2.24, 2.45) is 0 Å². The molecule has 7 heteroatoms. The summed E-state index contributed by atoms with van der Waals surface area (Å²) in [4.78, 5) is 41.9. The maximum Gasteiger partial charge on any atom is 0.257 e. The molecule has 6 nitrogen and oxygen atoms in total. The molecule has 2 aromatic carbocycles. The number of amides is 3. The lowest BCUT2D eigenvalue weighted by Gasteiger charge is -2.14. The highest BCUT2D eigenvalue weighted by Gasteiger charge is 2.30. The van der Waals surface area contributed by atoms with Crippen LogP contribution in [-0.2, 0) is 9.59 Å². The molecule has 4 rings (SSSR count). The van der Waals surface area contributed by atoms with E-state index in [1.807, 2.05) is 25.1 Å². The van der Waals surface area contributed by atoms with Gasteiger partial charge in [0.15, 0.2) is 5.13 Å². The maximum atomic E-state index is 12.6. The van der Waals surface area contributed by atoms with Crippen LogP contribution in [0.25, 0.3) is 10.2 Å². The maximum absolute atomic E-state index is 12.6. The van der Waals surface area contributed by atoms with Gasteiger partial charge in [-0.1, -0.05) is 29.5 Å². The van der Waals surface area contributed by atoms with E-state index in [9.17, 15) is 14.4 Å².